The van der Waals surface area contributed by atoms with Gasteiger partial charge in [0.25, 0.3) is 0 Å². The van der Waals surface area contributed by atoms with Crippen molar-refractivity contribution < 1.29 is 5.11 Å². The van der Waals surface area contributed by atoms with Crippen LogP contribution in [0.5, 0.6) is 0 Å². The van der Waals surface area contributed by atoms with Gasteiger partial charge in [-0.25, -0.2) is 0 Å². The summed E-state index contributed by atoms with van der Waals surface area (Å²) < 4.78 is 0. The van der Waals surface area contributed by atoms with Crippen molar-refractivity contribution in [3.05, 3.63) is 65.2 Å². The molecular weight excluding hydrogens is 248 g/mol. The average molecular weight is 268 g/mol. The van der Waals surface area contributed by atoms with Crippen LogP contribution in [0.1, 0.15) is 22.7 Å². The Hall–Kier alpha value is -1.84. The maximum Gasteiger partial charge on any atom is 0.0701 e. The molecule has 0 saturated heterocycles. The van der Waals surface area contributed by atoms with Crippen molar-refractivity contribution >= 4 is 5.69 Å². The number of hydrogen-bond acceptors (Lipinski definition) is 3. The minimum absolute atomic E-state index is 0.0573. The van der Waals surface area contributed by atoms with Crippen LogP contribution in [-0.2, 0) is 13.0 Å². The lowest BCUT2D eigenvalue weighted by atomic mass is 10.1. The van der Waals surface area contributed by atoms with E-state index in [4.69, 9.17) is 0 Å². The molecule has 0 amide bonds. The molecule has 0 saturated carbocycles. The molecule has 2 aromatic rings. The smallest absolute Gasteiger partial charge is 0.0701 e. The Morgan fingerprint density at radius 3 is 2.65 bits per heavy atom. The Labute approximate surface area is 119 Å². The van der Waals surface area contributed by atoms with Crippen LogP contribution in [0.25, 0.3) is 0 Å². The lowest BCUT2D eigenvalue weighted by Gasteiger charge is -2.24. The molecule has 1 aliphatic rings. The summed E-state index contributed by atoms with van der Waals surface area (Å²) in [6, 6.07) is 17.1. The lowest BCUT2D eigenvalue weighted by Crippen LogP contribution is -2.33. The Kier molecular flexibility index (Phi) is 3.72. The van der Waals surface area contributed by atoms with Crippen LogP contribution < -0.4 is 10.6 Å². The molecule has 0 spiro atoms. The average Bonchev–Trinajstić information content (AvgIpc) is 2.86. The first kappa shape index (κ1) is 13.2. The molecule has 0 radical (unpaired) electrons. The van der Waals surface area contributed by atoms with Crippen LogP contribution in [0, 0.1) is 0 Å². The monoisotopic (exact) mass is 268 g/mol. The Morgan fingerprint density at radius 1 is 1.10 bits per heavy atom. The molecule has 3 heteroatoms. The van der Waals surface area contributed by atoms with Crippen LogP contribution in [-0.4, -0.2) is 18.2 Å². The van der Waals surface area contributed by atoms with E-state index in [0.717, 1.165) is 17.7 Å². The van der Waals surface area contributed by atoms with Crippen molar-refractivity contribution in [2.24, 2.45) is 0 Å². The topological polar surface area (TPSA) is 44.3 Å². The van der Waals surface area contributed by atoms with E-state index in [1.807, 2.05) is 31.3 Å². The third-order valence-electron chi connectivity index (χ3n) is 4.10. The van der Waals surface area contributed by atoms with Crippen molar-refractivity contribution in [1.29, 1.82) is 0 Å². The number of para-hydroxylation sites is 1. The highest BCUT2D eigenvalue weighted by molar-refractivity contribution is 5.54. The number of rotatable bonds is 4. The SMILES string of the molecule is CN[C@@H]1Cc2ccccc2[C@H]1Nc1ccccc1CO. The van der Waals surface area contributed by atoms with E-state index < -0.39 is 0 Å². The number of aliphatic hydroxyl groups is 1. The summed E-state index contributed by atoms with van der Waals surface area (Å²) in [7, 11) is 2.00. The highest BCUT2D eigenvalue weighted by Crippen LogP contribution is 2.34. The molecule has 3 N–H and O–H groups in total. The second kappa shape index (κ2) is 5.65. The molecule has 0 heterocycles. The van der Waals surface area contributed by atoms with Gasteiger partial charge in [-0.3, -0.25) is 0 Å². The summed E-state index contributed by atoms with van der Waals surface area (Å²) in [6.45, 7) is 0.0573. The van der Waals surface area contributed by atoms with E-state index in [9.17, 15) is 5.11 Å². The Balaban J connectivity index is 1.92. The summed E-state index contributed by atoms with van der Waals surface area (Å²) in [4.78, 5) is 0. The molecule has 0 aliphatic heterocycles. The Bertz CT molecular complexity index is 597. The fourth-order valence-electron chi connectivity index (χ4n) is 3.01. The largest absolute Gasteiger partial charge is 0.392 e. The number of nitrogens with one attached hydrogen (secondary N) is 2. The first-order chi connectivity index (χ1) is 9.83. The van der Waals surface area contributed by atoms with Gasteiger partial charge in [0.2, 0.25) is 0 Å². The van der Waals surface area contributed by atoms with Gasteiger partial charge in [-0.2, -0.15) is 0 Å². The van der Waals surface area contributed by atoms with Gasteiger partial charge < -0.3 is 15.7 Å². The highest BCUT2D eigenvalue weighted by Gasteiger charge is 2.31. The number of anilines is 1. The van der Waals surface area contributed by atoms with Crippen molar-refractivity contribution in [2.75, 3.05) is 12.4 Å². The van der Waals surface area contributed by atoms with E-state index in [1.165, 1.54) is 11.1 Å². The Morgan fingerprint density at radius 2 is 1.85 bits per heavy atom. The fraction of sp³-hybridized carbons (Fsp3) is 0.294. The molecule has 104 valence electrons. The third-order valence-corrected chi connectivity index (χ3v) is 4.10. The number of fused-ring (bicyclic) bond motifs is 1. The molecular formula is C17H20N2O. The number of benzene rings is 2. The molecule has 3 rings (SSSR count). The van der Waals surface area contributed by atoms with Gasteiger partial charge in [-0.05, 0) is 30.7 Å². The van der Waals surface area contributed by atoms with E-state index in [0.29, 0.717) is 6.04 Å². The minimum Gasteiger partial charge on any atom is -0.392 e. The summed E-state index contributed by atoms with van der Waals surface area (Å²) in [5.41, 5.74) is 4.69. The zero-order chi connectivity index (χ0) is 13.9. The first-order valence-electron chi connectivity index (χ1n) is 7.04. The summed E-state index contributed by atoms with van der Waals surface area (Å²) in [6.07, 6.45) is 1.03. The standard InChI is InChI=1S/C17H20N2O/c1-18-16-10-12-6-2-4-8-14(12)17(16)19-15-9-5-3-7-13(15)11-20/h2-9,16-20H,10-11H2,1H3/t16-,17-/m1/s1. The van der Waals surface area contributed by atoms with Gasteiger partial charge in [0, 0.05) is 17.3 Å². The van der Waals surface area contributed by atoms with E-state index >= 15 is 0 Å². The van der Waals surface area contributed by atoms with Gasteiger partial charge in [0.05, 0.1) is 12.6 Å². The summed E-state index contributed by atoms with van der Waals surface area (Å²) >= 11 is 0. The highest BCUT2D eigenvalue weighted by atomic mass is 16.3. The molecule has 20 heavy (non-hydrogen) atoms. The maximum atomic E-state index is 9.46. The summed E-state index contributed by atoms with van der Waals surface area (Å²) in [5, 5.41) is 16.4. The van der Waals surface area contributed by atoms with Gasteiger partial charge >= 0.3 is 0 Å². The molecule has 0 bridgehead atoms. The van der Waals surface area contributed by atoms with Crippen molar-refractivity contribution in [3.63, 3.8) is 0 Å². The van der Waals surface area contributed by atoms with Gasteiger partial charge in [0.15, 0.2) is 0 Å². The van der Waals surface area contributed by atoms with E-state index in [1.54, 1.807) is 0 Å². The quantitative estimate of drug-likeness (QED) is 0.798. The first-order valence-corrected chi connectivity index (χ1v) is 7.04. The molecule has 2 aromatic carbocycles. The third kappa shape index (κ3) is 2.30. The zero-order valence-electron chi connectivity index (χ0n) is 11.6. The van der Waals surface area contributed by atoms with Crippen molar-refractivity contribution in [1.82, 2.24) is 5.32 Å². The van der Waals surface area contributed by atoms with Crippen LogP contribution in [0.15, 0.2) is 48.5 Å². The second-order valence-corrected chi connectivity index (χ2v) is 5.24. The predicted octanol–water partition coefficient (Wildman–Crippen LogP) is 2.48. The predicted molar refractivity (Wildman–Crippen MR) is 81.7 cm³/mol. The minimum atomic E-state index is 0.0573. The molecule has 0 unspecified atom stereocenters. The van der Waals surface area contributed by atoms with Crippen LogP contribution in [0.4, 0.5) is 5.69 Å². The van der Waals surface area contributed by atoms with Crippen molar-refractivity contribution in [3.8, 4) is 0 Å². The van der Waals surface area contributed by atoms with Crippen molar-refractivity contribution in [2.45, 2.75) is 25.1 Å². The molecule has 0 aromatic heterocycles. The van der Waals surface area contributed by atoms with Crippen LogP contribution >= 0.6 is 0 Å². The maximum absolute atomic E-state index is 9.46. The van der Waals surface area contributed by atoms with Gasteiger partial charge in [0.1, 0.15) is 0 Å². The van der Waals surface area contributed by atoms with Gasteiger partial charge in [-0.1, -0.05) is 42.5 Å². The number of hydrogen-bond donors (Lipinski definition) is 3. The van der Waals surface area contributed by atoms with Crippen LogP contribution in [0.2, 0.25) is 0 Å². The molecule has 1 aliphatic carbocycles. The normalized spacial score (nSPS) is 20.7. The second-order valence-electron chi connectivity index (χ2n) is 5.24. The summed E-state index contributed by atoms with van der Waals surface area (Å²) in [5.74, 6) is 0. The van der Waals surface area contributed by atoms with E-state index in [-0.39, 0.29) is 12.6 Å². The van der Waals surface area contributed by atoms with E-state index in [2.05, 4.69) is 34.9 Å². The lowest BCUT2D eigenvalue weighted by molar-refractivity contribution is 0.282. The molecule has 2 atom stereocenters. The number of aliphatic hydroxyl groups excluding tert-OH is 1. The fourth-order valence-corrected chi connectivity index (χ4v) is 3.01. The van der Waals surface area contributed by atoms with Crippen LogP contribution in [0.3, 0.4) is 0 Å². The van der Waals surface area contributed by atoms with Gasteiger partial charge in [-0.15, -0.1) is 0 Å². The number of likely N-dealkylation sites (N-methyl/N-ethyl adjacent to an activating group) is 1. The zero-order valence-corrected chi connectivity index (χ0v) is 11.6. The molecule has 0 fully saturated rings. The molecule has 3 nitrogen and oxygen atoms in total.